The first-order chi connectivity index (χ1) is 18.7. The molecule has 0 radical (unpaired) electrons. The van der Waals surface area contributed by atoms with Gasteiger partial charge in [-0.1, -0.05) is 19.9 Å². The molecule has 3 rings (SSSR count). The largest absolute Gasteiger partial charge is 0.493 e. The molecule has 8 nitrogen and oxygen atoms in total. The number of nitrogens with zero attached hydrogens (tertiary/aromatic N) is 1. The summed E-state index contributed by atoms with van der Waals surface area (Å²) in [7, 11) is 8.57. The topological polar surface area (TPSA) is 86.7 Å². The Balaban J connectivity index is 0.00000560. The van der Waals surface area contributed by atoms with Crippen molar-refractivity contribution in [1.29, 1.82) is 0 Å². The maximum atomic E-state index is 12.1. The lowest BCUT2D eigenvalue weighted by Crippen LogP contribution is -2.34. The number of benzene rings is 2. The quantitative estimate of drug-likeness (QED) is 0.297. The number of hydrogen-bond donors (Lipinski definition) is 1. The molecule has 0 bridgehead atoms. The average Bonchev–Trinajstić information content (AvgIpc) is 2.94. The number of halogens is 1. The summed E-state index contributed by atoms with van der Waals surface area (Å²) in [5, 5.41) is 9.89. The Labute approximate surface area is 245 Å². The van der Waals surface area contributed by atoms with Gasteiger partial charge in [0.15, 0.2) is 29.1 Å². The van der Waals surface area contributed by atoms with E-state index in [1.54, 1.807) is 28.4 Å². The highest BCUT2D eigenvalue weighted by Gasteiger charge is 2.34. The van der Waals surface area contributed by atoms with Crippen molar-refractivity contribution in [2.75, 3.05) is 55.2 Å². The second-order valence-electron chi connectivity index (χ2n) is 10.7. The van der Waals surface area contributed by atoms with Crippen molar-refractivity contribution in [2.24, 2.45) is 11.8 Å². The third-order valence-electron chi connectivity index (χ3n) is 7.81. The van der Waals surface area contributed by atoms with Crippen LogP contribution >= 0.6 is 12.4 Å². The fraction of sp³-hybridized carbons (Fsp3) is 0.581. The number of fused-ring (bicyclic) bond motifs is 1. The SMILES string of the molecule is COc1ccc(CCN(C)CCC(OC[C@@H]2CCc3cc(OC)c(OC)cc3[C@@H]2C(C)C)C(=O)O)cc1OC.Cl. The van der Waals surface area contributed by atoms with Gasteiger partial charge in [-0.15, -0.1) is 12.4 Å². The van der Waals surface area contributed by atoms with E-state index in [-0.39, 0.29) is 24.2 Å². The molecule has 0 saturated carbocycles. The summed E-state index contributed by atoms with van der Waals surface area (Å²) in [4.78, 5) is 14.2. The maximum absolute atomic E-state index is 12.1. The summed E-state index contributed by atoms with van der Waals surface area (Å²) in [6, 6.07) is 10.1. The molecular formula is C31H46ClNO7. The van der Waals surface area contributed by atoms with Crippen LogP contribution in [0.4, 0.5) is 0 Å². The zero-order valence-electron chi connectivity index (χ0n) is 24.9. The van der Waals surface area contributed by atoms with Crippen LogP contribution in [0.25, 0.3) is 0 Å². The summed E-state index contributed by atoms with van der Waals surface area (Å²) in [6.07, 6.45) is 2.26. The molecule has 2 aromatic carbocycles. The zero-order valence-corrected chi connectivity index (χ0v) is 25.7. The number of ether oxygens (including phenoxy) is 5. The van der Waals surface area contributed by atoms with Crippen molar-refractivity contribution in [2.45, 2.75) is 51.6 Å². The van der Waals surface area contributed by atoms with Gasteiger partial charge in [0.2, 0.25) is 0 Å². The van der Waals surface area contributed by atoms with Gasteiger partial charge >= 0.3 is 5.97 Å². The Morgan fingerprint density at radius 1 is 0.950 bits per heavy atom. The van der Waals surface area contributed by atoms with Crippen LogP contribution in [0.5, 0.6) is 23.0 Å². The molecule has 1 unspecified atom stereocenters. The number of aliphatic carboxylic acids is 1. The highest BCUT2D eigenvalue weighted by molar-refractivity contribution is 5.85. The van der Waals surface area contributed by atoms with Crippen LogP contribution in [-0.2, 0) is 22.4 Å². The van der Waals surface area contributed by atoms with Crippen LogP contribution in [0, 0.1) is 11.8 Å². The highest BCUT2D eigenvalue weighted by atomic mass is 35.5. The van der Waals surface area contributed by atoms with Crippen molar-refractivity contribution in [3.63, 3.8) is 0 Å². The van der Waals surface area contributed by atoms with Gasteiger partial charge in [0.05, 0.1) is 35.0 Å². The highest BCUT2D eigenvalue weighted by Crippen LogP contribution is 2.45. The summed E-state index contributed by atoms with van der Waals surface area (Å²) in [6.45, 7) is 6.27. The summed E-state index contributed by atoms with van der Waals surface area (Å²) >= 11 is 0. The molecule has 2 aromatic rings. The monoisotopic (exact) mass is 579 g/mol. The number of carbonyl (C=O) groups is 1. The third kappa shape index (κ3) is 8.41. The minimum Gasteiger partial charge on any atom is -0.493 e. The molecule has 0 aliphatic heterocycles. The lowest BCUT2D eigenvalue weighted by molar-refractivity contribution is -0.152. The minimum absolute atomic E-state index is 0. The number of aryl methyl sites for hydroxylation is 1. The van der Waals surface area contributed by atoms with E-state index in [4.69, 9.17) is 23.7 Å². The molecule has 9 heteroatoms. The Hall–Kier alpha value is -2.68. The van der Waals surface area contributed by atoms with Gasteiger partial charge in [-0.3, -0.25) is 0 Å². The number of likely N-dealkylation sites (N-methyl/N-ethyl adjacent to an activating group) is 1. The molecule has 0 spiro atoms. The minimum atomic E-state index is -0.910. The molecule has 3 atom stereocenters. The Morgan fingerprint density at radius 2 is 1.57 bits per heavy atom. The van der Waals surface area contributed by atoms with Crippen LogP contribution in [-0.4, -0.2) is 77.3 Å². The van der Waals surface area contributed by atoms with Crippen LogP contribution in [0.1, 0.15) is 49.3 Å². The molecule has 0 heterocycles. The first kappa shape index (κ1) is 33.5. The van der Waals surface area contributed by atoms with Gasteiger partial charge in [-0.25, -0.2) is 4.79 Å². The van der Waals surface area contributed by atoms with Crippen LogP contribution in [0.15, 0.2) is 30.3 Å². The van der Waals surface area contributed by atoms with E-state index in [9.17, 15) is 9.90 Å². The van der Waals surface area contributed by atoms with E-state index in [0.29, 0.717) is 37.0 Å². The van der Waals surface area contributed by atoms with Crippen molar-refractivity contribution < 1.29 is 33.6 Å². The van der Waals surface area contributed by atoms with Gasteiger partial charge in [0.25, 0.3) is 0 Å². The van der Waals surface area contributed by atoms with E-state index in [2.05, 4.69) is 30.9 Å². The van der Waals surface area contributed by atoms with Gasteiger partial charge in [0.1, 0.15) is 0 Å². The second kappa shape index (κ2) is 15.9. The smallest absolute Gasteiger partial charge is 0.332 e. The number of carboxylic acids is 1. The first-order valence-electron chi connectivity index (χ1n) is 13.7. The van der Waals surface area contributed by atoms with E-state index in [1.807, 2.05) is 25.2 Å². The fourth-order valence-electron chi connectivity index (χ4n) is 5.65. The molecular weight excluding hydrogens is 534 g/mol. The Bertz CT molecular complexity index is 1090. The number of methoxy groups -OCH3 is 4. The lowest BCUT2D eigenvalue weighted by Gasteiger charge is -2.37. The average molecular weight is 580 g/mol. The van der Waals surface area contributed by atoms with Crippen LogP contribution < -0.4 is 18.9 Å². The molecule has 1 N–H and O–H groups in total. The van der Waals surface area contributed by atoms with E-state index in [1.165, 1.54) is 11.1 Å². The Kier molecular flexibility index (Phi) is 13.4. The summed E-state index contributed by atoms with van der Waals surface area (Å²) in [5.74, 6) is 2.84. The van der Waals surface area contributed by atoms with E-state index >= 15 is 0 Å². The number of rotatable bonds is 15. The van der Waals surface area contributed by atoms with Gasteiger partial charge in [-0.05, 0) is 91.4 Å². The van der Waals surface area contributed by atoms with Crippen LogP contribution in [0.3, 0.4) is 0 Å². The second-order valence-corrected chi connectivity index (χ2v) is 10.7. The van der Waals surface area contributed by atoms with Crippen LogP contribution in [0.2, 0.25) is 0 Å². The van der Waals surface area contributed by atoms with E-state index < -0.39 is 12.1 Å². The number of carboxylic acid groups (broad SMARTS) is 1. The lowest BCUT2D eigenvalue weighted by atomic mass is 9.70. The van der Waals surface area contributed by atoms with Crippen molar-refractivity contribution in [1.82, 2.24) is 4.90 Å². The molecule has 0 amide bonds. The fourth-order valence-corrected chi connectivity index (χ4v) is 5.65. The van der Waals surface area contributed by atoms with Gasteiger partial charge in [-0.2, -0.15) is 0 Å². The molecule has 0 saturated heterocycles. The molecule has 1 aliphatic carbocycles. The Morgan fingerprint density at radius 3 is 2.17 bits per heavy atom. The first-order valence-corrected chi connectivity index (χ1v) is 13.7. The zero-order chi connectivity index (χ0) is 28.5. The third-order valence-corrected chi connectivity index (χ3v) is 7.81. The normalized spacial score (nSPS) is 17.1. The summed E-state index contributed by atoms with van der Waals surface area (Å²) < 4.78 is 27.9. The van der Waals surface area contributed by atoms with Crippen molar-refractivity contribution in [3.8, 4) is 23.0 Å². The van der Waals surface area contributed by atoms with Gasteiger partial charge < -0.3 is 33.7 Å². The number of hydrogen-bond acceptors (Lipinski definition) is 7. The predicted molar refractivity (Wildman–Crippen MR) is 159 cm³/mol. The molecule has 0 fully saturated rings. The van der Waals surface area contributed by atoms with Gasteiger partial charge in [0, 0.05) is 13.1 Å². The van der Waals surface area contributed by atoms with E-state index in [0.717, 1.165) is 42.9 Å². The standard InChI is InChI=1S/C31H45NO7.ClH/c1-20(2)30-23(10-9-22-17-28(37-6)29(38-7)18-24(22)30)19-39-26(31(33)34)13-15-32(3)14-12-21-8-11-25(35-4)27(16-21)36-5;/h8,11,16-18,20,23,26,30H,9-10,12-15,19H2,1-7H3,(H,33,34);1H/t23-,26?,30+;/m0./s1. The molecule has 40 heavy (non-hydrogen) atoms. The maximum Gasteiger partial charge on any atom is 0.332 e. The summed E-state index contributed by atoms with van der Waals surface area (Å²) in [5.41, 5.74) is 3.66. The van der Waals surface area contributed by atoms with Crippen molar-refractivity contribution in [3.05, 3.63) is 47.0 Å². The van der Waals surface area contributed by atoms with Crippen molar-refractivity contribution >= 4 is 18.4 Å². The molecule has 0 aromatic heterocycles. The predicted octanol–water partition coefficient (Wildman–Crippen LogP) is 5.48. The molecule has 224 valence electrons. The molecule has 1 aliphatic rings.